The second-order valence-electron chi connectivity index (χ2n) is 4.31. The van der Waals surface area contributed by atoms with Crippen molar-refractivity contribution in [3.8, 4) is 0 Å². The molecule has 0 amide bonds. The van der Waals surface area contributed by atoms with Gasteiger partial charge in [-0.1, -0.05) is 17.7 Å². The molecule has 1 aromatic heterocycles. The van der Waals surface area contributed by atoms with Gasteiger partial charge in [-0.3, -0.25) is 0 Å². The highest BCUT2D eigenvalue weighted by molar-refractivity contribution is 5.63. The van der Waals surface area contributed by atoms with Gasteiger partial charge in [0.25, 0.3) is 0 Å². The summed E-state index contributed by atoms with van der Waals surface area (Å²) < 4.78 is 0. The summed E-state index contributed by atoms with van der Waals surface area (Å²) in [4.78, 5) is 10.5. The largest absolute Gasteiger partial charge is 0.368 e. The fourth-order valence-electron chi connectivity index (χ4n) is 1.90. The van der Waals surface area contributed by atoms with E-state index in [2.05, 4.69) is 53.0 Å². The van der Waals surface area contributed by atoms with E-state index in [0.717, 1.165) is 23.6 Å². The topological polar surface area (TPSA) is 55.0 Å². The van der Waals surface area contributed by atoms with Crippen LogP contribution in [0.4, 0.5) is 17.5 Å². The highest BCUT2D eigenvalue weighted by Crippen LogP contribution is 2.26. The van der Waals surface area contributed by atoms with E-state index in [1.807, 2.05) is 6.92 Å². The molecule has 4 nitrogen and oxygen atoms in total. The lowest BCUT2D eigenvalue weighted by Crippen LogP contribution is -2.19. The monoisotopic (exact) mass is 242 g/mol. The van der Waals surface area contributed by atoms with Crippen molar-refractivity contribution in [2.75, 3.05) is 17.2 Å². The van der Waals surface area contributed by atoms with Gasteiger partial charge in [0, 0.05) is 24.0 Å². The lowest BCUT2D eigenvalue weighted by molar-refractivity contribution is 0.967. The van der Waals surface area contributed by atoms with Crippen molar-refractivity contribution in [1.29, 1.82) is 0 Å². The summed E-state index contributed by atoms with van der Waals surface area (Å²) >= 11 is 0. The summed E-state index contributed by atoms with van der Waals surface area (Å²) in [5.41, 5.74) is 9.05. The Bertz CT molecular complexity index is 534. The van der Waals surface area contributed by atoms with Crippen LogP contribution in [0.15, 0.2) is 30.5 Å². The molecule has 0 aliphatic carbocycles. The molecule has 2 N–H and O–H groups in total. The van der Waals surface area contributed by atoms with Gasteiger partial charge in [-0.25, -0.2) is 4.98 Å². The molecule has 0 spiro atoms. The third kappa shape index (κ3) is 2.42. The quantitative estimate of drug-likeness (QED) is 0.899. The summed E-state index contributed by atoms with van der Waals surface area (Å²) in [7, 11) is 0. The van der Waals surface area contributed by atoms with E-state index in [0.29, 0.717) is 5.95 Å². The molecule has 18 heavy (non-hydrogen) atoms. The van der Waals surface area contributed by atoms with Crippen LogP contribution >= 0.6 is 0 Å². The minimum Gasteiger partial charge on any atom is -0.368 e. The average Bonchev–Trinajstić information content (AvgIpc) is 2.37. The van der Waals surface area contributed by atoms with Crippen LogP contribution in [0.5, 0.6) is 0 Å². The van der Waals surface area contributed by atoms with Crippen molar-refractivity contribution in [2.45, 2.75) is 20.8 Å². The van der Waals surface area contributed by atoms with Gasteiger partial charge >= 0.3 is 0 Å². The molecule has 0 bridgehead atoms. The van der Waals surface area contributed by atoms with Crippen molar-refractivity contribution in [3.05, 3.63) is 41.6 Å². The van der Waals surface area contributed by atoms with E-state index < -0.39 is 0 Å². The van der Waals surface area contributed by atoms with E-state index in [9.17, 15) is 0 Å². The van der Waals surface area contributed by atoms with Crippen LogP contribution < -0.4 is 10.6 Å². The Morgan fingerprint density at radius 2 is 1.83 bits per heavy atom. The number of benzene rings is 1. The van der Waals surface area contributed by atoms with Crippen molar-refractivity contribution < 1.29 is 0 Å². The molecule has 0 atom stereocenters. The third-order valence-electron chi connectivity index (χ3n) is 2.88. The summed E-state index contributed by atoms with van der Waals surface area (Å²) in [6.45, 7) is 7.00. The van der Waals surface area contributed by atoms with Crippen LogP contribution in [0, 0.1) is 13.8 Å². The number of nitrogens with zero attached hydrogens (tertiary/aromatic N) is 3. The predicted octanol–water partition coefficient (Wildman–Crippen LogP) is 2.83. The van der Waals surface area contributed by atoms with Crippen LogP contribution in [0.25, 0.3) is 0 Å². The first-order valence-corrected chi connectivity index (χ1v) is 6.05. The van der Waals surface area contributed by atoms with E-state index in [1.54, 1.807) is 6.20 Å². The zero-order valence-electron chi connectivity index (χ0n) is 11.0. The highest BCUT2D eigenvalue weighted by Gasteiger charge is 2.12. The second-order valence-corrected chi connectivity index (χ2v) is 4.31. The Kier molecular flexibility index (Phi) is 3.46. The minimum atomic E-state index is 0.307. The van der Waals surface area contributed by atoms with E-state index in [-0.39, 0.29) is 0 Å². The van der Waals surface area contributed by atoms with Crippen LogP contribution in [-0.2, 0) is 0 Å². The van der Waals surface area contributed by atoms with Gasteiger partial charge in [-0.05, 0) is 32.9 Å². The van der Waals surface area contributed by atoms with E-state index >= 15 is 0 Å². The molecular weight excluding hydrogens is 224 g/mol. The molecule has 0 saturated carbocycles. The molecule has 1 aromatic carbocycles. The normalized spacial score (nSPS) is 10.4. The van der Waals surface area contributed by atoms with Gasteiger partial charge in [0.2, 0.25) is 5.95 Å². The lowest BCUT2D eigenvalue weighted by atomic mass is 10.2. The summed E-state index contributed by atoms with van der Waals surface area (Å²) in [5, 5.41) is 0. The number of rotatable bonds is 3. The summed E-state index contributed by atoms with van der Waals surface area (Å²) in [6.07, 6.45) is 1.76. The fourth-order valence-corrected chi connectivity index (χ4v) is 1.90. The molecule has 0 fully saturated rings. The third-order valence-corrected chi connectivity index (χ3v) is 2.88. The van der Waals surface area contributed by atoms with Gasteiger partial charge in [0.05, 0.1) is 0 Å². The first-order chi connectivity index (χ1) is 8.61. The van der Waals surface area contributed by atoms with Gasteiger partial charge in [0.15, 0.2) is 0 Å². The Morgan fingerprint density at radius 3 is 2.44 bits per heavy atom. The molecule has 0 aliphatic heterocycles. The van der Waals surface area contributed by atoms with Gasteiger partial charge in [-0.15, -0.1) is 0 Å². The van der Waals surface area contributed by atoms with Crippen LogP contribution in [-0.4, -0.2) is 16.5 Å². The van der Waals surface area contributed by atoms with Crippen molar-refractivity contribution in [2.24, 2.45) is 0 Å². The maximum atomic E-state index is 5.67. The predicted molar refractivity (Wildman–Crippen MR) is 75.0 cm³/mol. The average molecular weight is 242 g/mol. The van der Waals surface area contributed by atoms with Crippen molar-refractivity contribution >= 4 is 17.5 Å². The number of aryl methyl sites for hydroxylation is 2. The zero-order chi connectivity index (χ0) is 13.1. The maximum Gasteiger partial charge on any atom is 0.221 e. The number of hydrogen-bond donors (Lipinski definition) is 1. The van der Waals surface area contributed by atoms with E-state index in [4.69, 9.17) is 5.73 Å². The lowest BCUT2D eigenvalue weighted by Gasteiger charge is -2.23. The highest BCUT2D eigenvalue weighted by atomic mass is 15.2. The molecule has 94 valence electrons. The molecular formula is C14H18N4. The van der Waals surface area contributed by atoms with Gasteiger partial charge in [0.1, 0.15) is 5.82 Å². The van der Waals surface area contributed by atoms with Crippen LogP contribution in [0.1, 0.15) is 18.1 Å². The standard InChI is InChI=1S/C14H18N4/c1-4-18(12-7-5-10(2)6-8-12)13-11(3)9-16-14(15)17-13/h5-9H,4H2,1-3H3,(H2,15,16,17). The molecule has 1 heterocycles. The van der Waals surface area contributed by atoms with Crippen LogP contribution in [0.2, 0.25) is 0 Å². The molecule has 2 rings (SSSR count). The number of nitrogens with two attached hydrogens (primary N) is 1. The molecule has 0 aliphatic rings. The molecule has 0 saturated heterocycles. The SMILES string of the molecule is CCN(c1ccc(C)cc1)c1nc(N)ncc1C. The maximum absolute atomic E-state index is 5.67. The molecule has 0 radical (unpaired) electrons. The first-order valence-electron chi connectivity index (χ1n) is 6.05. The number of hydrogen-bond acceptors (Lipinski definition) is 4. The van der Waals surface area contributed by atoms with Crippen molar-refractivity contribution in [3.63, 3.8) is 0 Å². The van der Waals surface area contributed by atoms with Gasteiger partial charge < -0.3 is 10.6 Å². The van der Waals surface area contributed by atoms with E-state index in [1.165, 1.54) is 5.56 Å². The molecule has 4 heteroatoms. The Balaban J connectivity index is 2.44. The van der Waals surface area contributed by atoms with Crippen LogP contribution in [0.3, 0.4) is 0 Å². The van der Waals surface area contributed by atoms with Crippen molar-refractivity contribution in [1.82, 2.24) is 9.97 Å². The fraction of sp³-hybridized carbons (Fsp3) is 0.286. The Labute approximate surface area is 107 Å². The number of nitrogen functional groups attached to an aromatic ring is 1. The Hall–Kier alpha value is -2.10. The summed E-state index contributed by atoms with van der Waals surface area (Å²) in [5.74, 6) is 1.18. The molecule has 0 unspecified atom stereocenters. The first kappa shape index (κ1) is 12.4. The number of aromatic nitrogens is 2. The summed E-state index contributed by atoms with van der Waals surface area (Å²) in [6, 6.07) is 8.38. The number of anilines is 3. The molecule has 2 aromatic rings. The smallest absolute Gasteiger partial charge is 0.221 e. The minimum absolute atomic E-state index is 0.307. The van der Waals surface area contributed by atoms with Gasteiger partial charge in [-0.2, -0.15) is 4.98 Å². The second kappa shape index (κ2) is 5.04. The Morgan fingerprint density at radius 1 is 1.17 bits per heavy atom. The zero-order valence-corrected chi connectivity index (χ0v) is 11.0.